The first-order valence-corrected chi connectivity index (χ1v) is 6.70. The third-order valence-corrected chi connectivity index (χ3v) is 3.37. The molecule has 0 aliphatic rings. The minimum atomic E-state index is 0.0413. The Bertz CT molecular complexity index is 563. The maximum atomic E-state index is 5.50. The van der Waals surface area contributed by atoms with Crippen LogP contribution in [0.25, 0.3) is 0 Å². The van der Waals surface area contributed by atoms with Gasteiger partial charge in [0.15, 0.2) is 0 Å². The first-order chi connectivity index (χ1) is 9.71. The van der Waals surface area contributed by atoms with Crippen LogP contribution in [0.3, 0.4) is 0 Å². The molecule has 0 bridgehead atoms. The highest BCUT2D eigenvalue weighted by Crippen LogP contribution is 2.34. The topological polar surface area (TPSA) is 43.6 Å². The quantitative estimate of drug-likeness (QED) is 0.878. The van der Waals surface area contributed by atoms with Crippen LogP contribution in [0.5, 0.6) is 11.5 Å². The number of hydrogen-bond acceptors (Lipinski definition) is 4. The van der Waals surface area contributed by atoms with Crippen molar-refractivity contribution < 1.29 is 13.9 Å². The highest BCUT2D eigenvalue weighted by molar-refractivity contribution is 5.46. The van der Waals surface area contributed by atoms with Crippen molar-refractivity contribution in [2.75, 3.05) is 20.8 Å². The van der Waals surface area contributed by atoms with Crippen molar-refractivity contribution in [1.29, 1.82) is 0 Å². The normalized spacial score (nSPS) is 12.2. The zero-order valence-corrected chi connectivity index (χ0v) is 12.4. The molecule has 0 saturated heterocycles. The molecule has 108 valence electrons. The molecule has 1 atom stereocenters. The van der Waals surface area contributed by atoms with Crippen molar-refractivity contribution in [1.82, 2.24) is 5.32 Å². The Labute approximate surface area is 119 Å². The number of aryl methyl sites for hydroxylation is 1. The zero-order chi connectivity index (χ0) is 14.5. The number of benzene rings is 1. The molecule has 20 heavy (non-hydrogen) atoms. The molecule has 4 heteroatoms. The first kappa shape index (κ1) is 14.5. The van der Waals surface area contributed by atoms with Gasteiger partial charge in [0.1, 0.15) is 17.3 Å². The van der Waals surface area contributed by atoms with E-state index in [0.717, 1.165) is 34.9 Å². The maximum absolute atomic E-state index is 5.50. The van der Waals surface area contributed by atoms with Gasteiger partial charge in [0, 0.05) is 17.2 Å². The van der Waals surface area contributed by atoms with E-state index in [0.29, 0.717) is 0 Å². The van der Waals surface area contributed by atoms with E-state index >= 15 is 0 Å². The Morgan fingerprint density at radius 3 is 2.50 bits per heavy atom. The first-order valence-electron chi connectivity index (χ1n) is 6.70. The van der Waals surface area contributed by atoms with E-state index in [9.17, 15) is 0 Å². The fraction of sp³-hybridized carbons (Fsp3) is 0.375. The molecule has 0 aliphatic heterocycles. The molecule has 2 rings (SSSR count). The molecule has 1 heterocycles. The molecular formula is C16H21NO3. The summed E-state index contributed by atoms with van der Waals surface area (Å²) in [5.41, 5.74) is 2.19. The maximum Gasteiger partial charge on any atom is 0.127 e. The molecule has 0 radical (unpaired) electrons. The van der Waals surface area contributed by atoms with Crippen molar-refractivity contribution in [2.24, 2.45) is 0 Å². The molecule has 1 unspecified atom stereocenters. The van der Waals surface area contributed by atoms with Crippen LogP contribution in [0.1, 0.15) is 29.9 Å². The van der Waals surface area contributed by atoms with E-state index in [1.165, 1.54) is 0 Å². The summed E-state index contributed by atoms with van der Waals surface area (Å²) in [7, 11) is 3.32. The van der Waals surface area contributed by atoms with Gasteiger partial charge in [-0.15, -0.1) is 0 Å². The second-order valence-corrected chi connectivity index (χ2v) is 4.53. The van der Waals surface area contributed by atoms with Crippen molar-refractivity contribution in [3.8, 4) is 11.5 Å². The van der Waals surface area contributed by atoms with Gasteiger partial charge in [-0.2, -0.15) is 0 Å². The summed E-state index contributed by atoms with van der Waals surface area (Å²) in [6.07, 6.45) is 1.71. The Hall–Kier alpha value is -1.94. The van der Waals surface area contributed by atoms with Gasteiger partial charge in [-0.1, -0.05) is 6.92 Å². The third-order valence-electron chi connectivity index (χ3n) is 3.37. The molecule has 0 fully saturated rings. The van der Waals surface area contributed by atoms with Crippen LogP contribution in [0.4, 0.5) is 0 Å². The van der Waals surface area contributed by atoms with Gasteiger partial charge in [-0.25, -0.2) is 0 Å². The minimum absolute atomic E-state index is 0.0413. The molecule has 1 N–H and O–H groups in total. The smallest absolute Gasteiger partial charge is 0.127 e. The van der Waals surface area contributed by atoms with Gasteiger partial charge in [-0.3, -0.25) is 0 Å². The van der Waals surface area contributed by atoms with Crippen molar-refractivity contribution in [3.05, 3.63) is 47.4 Å². The van der Waals surface area contributed by atoms with E-state index in [4.69, 9.17) is 13.9 Å². The summed E-state index contributed by atoms with van der Waals surface area (Å²) in [5, 5.41) is 3.47. The van der Waals surface area contributed by atoms with E-state index in [-0.39, 0.29) is 6.04 Å². The largest absolute Gasteiger partial charge is 0.497 e. The predicted molar refractivity (Wildman–Crippen MR) is 78.5 cm³/mol. The molecule has 1 aromatic carbocycles. The summed E-state index contributed by atoms with van der Waals surface area (Å²) in [5.74, 6) is 2.49. The molecule has 2 aromatic rings. The zero-order valence-electron chi connectivity index (χ0n) is 12.4. The Kier molecular flexibility index (Phi) is 4.69. The average Bonchev–Trinajstić information content (AvgIpc) is 2.90. The van der Waals surface area contributed by atoms with E-state index in [2.05, 4.69) is 12.2 Å². The highest BCUT2D eigenvalue weighted by atomic mass is 16.5. The fourth-order valence-electron chi connectivity index (χ4n) is 2.34. The number of rotatable bonds is 6. The van der Waals surface area contributed by atoms with Crippen molar-refractivity contribution in [3.63, 3.8) is 0 Å². The lowest BCUT2D eigenvalue weighted by atomic mass is 9.98. The van der Waals surface area contributed by atoms with Gasteiger partial charge >= 0.3 is 0 Å². The average molecular weight is 275 g/mol. The van der Waals surface area contributed by atoms with Gasteiger partial charge in [-0.05, 0) is 31.7 Å². The van der Waals surface area contributed by atoms with Gasteiger partial charge in [0.25, 0.3) is 0 Å². The van der Waals surface area contributed by atoms with Crippen LogP contribution in [0.2, 0.25) is 0 Å². The van der Waals surface area contributed by atoms with E-state index < -0.39 is 0 Å². The van der Waals surface area contributed by atoms with E-state index in [1.54, 1.807) is 20.5 Å². The highest BCUT2D eigenvalue weighted by Gasteiger charge is 2.21. The lowest BCUT2D eigenvalue weighted by Gasteiger charge is -2.21. The molecule has 0 spiro atoms. The Balaban J connectivity index is 2.46. The van der Waals surface area contributed by atoms with Crippen LogP contribution < -0.4 is 14.8 Å². The van der Waals surface area contributed by atoms with Gasteiger partial charge in [0.05, 0.1) is 26.5 Å². The molecule has 1 aromatic heterocycles. The fourth-order valence-corrected chi connectivity index (χ4v) is 2.34. The number of ether oxygens (including phenoxy) is 2. The molecule has 0 aliphatic carbocycles. The van der Waals surface area contributed by atoms with E-state index in [1.807, 2.05) is 31.2 Å². The van der Waals surface area contributed by atoms with Crippen LogP contribution in [-0.4, -0.2) is 20.8 Å². The standard InChI is InChI=1S/C16H21NO3/c1-5-17-16(13-8-9-20-11(13)2)14-7-6-12(18-3)10-15(14)19-4/h6-10,16-17H,5H2,1-4H3. The monoisotopic (exact) mass is 275 g/mol. The molecule has 4 nitrogen and oxygen atoms in total. The second kappa shape index (κ2) is 6.48. The number of methoxy groups -OCH3 is 2. The molecule has 0 amide bonds. The van der Waals surface area contributed by atoms with Crippen LogP contribution >= 0.6 is 0 Å². The van der Waals surface area contributed by atoms with Crippen LogP contribution in [-0.2, 0) is 0 Å². The number of furan rings is 1. The predicted octanol–water partition coefficient (Wildman–Crippen LogP) is 3.30. The summed E-state index contributed by atoms with van der Waals surface area (Å²) >= 11 is 0. The Morgan fingerprint density at radius 1 is 1.15 bits per heavy atom. The summed E-state index contributed by atoms with van der Waals surface area (Å²) in [6, 6.07) is 7.90. The van der Waals surface area contributed by atoms with Gasteiger partial charge in [0.2, 0.25) is 0 Å². The Morgan fingerprint density at radius 2 is 1.95 bits per heavy atom. The lowest BCUT2D eigenvalue weighted by Crippen LogP contribution is -2.22. The second-order valence-electron chi connectivity index (χ2n) is 4.53. The van der Waals surface area contributed by atoms with Crippen molar-refractivity contribution in [2.45, 2.75) is 19.9 Å². The third kappa shape index (κ3) is 2.80. The molecule has 0 saturated carbocycles. The summed E-state index contributed by atoms with van der Waals surface area (Å²) in [4.78, 5) is 0. The number of nitrogens with one attached hydrogen (secondary N) is 1. The summed E-state index contributed by atoms with van der Waals surface area (Å²) < 4.78 is 16.2. The molecular weight excluding hydrogens is 254 g/mol. The summed E-state index contributed by atoms with van der Waals surface area (Å²) in [6.45, 7) is 4.90. The lowest BCUT2D eigenvalue weighted by molar-refractivity contribution is 0.387. The van der Waals surface area contributed by atoms with Crippen LogP contribution in [0.15, 0.2) is 34.9 Å². The van der Waals surface area contributed by atoms with Crippen LogP contribution in [0, 0.1) is 6.92 Å². The minimum Gasteiger partial charge on any atom is -0.497 e. The SMILES string of the molecule is CCNC(c1ccc(OC)cc1OC)c1ccoc1C. The van der Waals surface area contributed by atoms with Gasteiger partial charge < -0.3 is 19.2 Å². The number of hydrogen-bond donors (Lipinski definition) is 1. The van der Waals surface area contributed by atoms with Crippen molar-refractivity contribution >= 4 is 0 Å².